The smallest absolute Gasteiger partial charge is 0.142 e. The van der Waals surface area contributed by atoms with Gasteiger partial charge in [0.1, 0.15) is 11.5 Å². The Labute approximate surface area is 118 Å². The van der Waals surface area contributed by atoms with Crippen LogP contribution in [0.3, 0.4) is 0 Å². The number of rotatable bonds is 6. The molecular weight excluding hydrogens is 262 g/mol. The normalized spacial score (nSPS) is 12.2. The predicted octanol–water partition coefficient (Wildman–Crippen LogP) is 4.37. The Balaban J connectivity index is 1.94. The second kappa shape index (κ2) is 6.53. The molecule has 0 amide bonds. The maximum atomic E-state index is 6.00. The van der Waals surface area contributed by atoms with Crippen LogP contribution < -0.4 is 10.1 Å². The molecule has 2 rings (SSSR count). The number of hydrogen-bond acceptors (Lipinski definition) is 3. The largest absolute Gasteiger partial charge is 0.495 e. The van der Waals surface area contributed by atoms with Crippen LogP contribution in [0.4, 0.5) is 5.69 Å². The van der Waals surface area contributed by atoms with Gasteiger partial charge >= 0.3 is 0 Å². The molecule has 0 fully saturated rings. The van der Waals surface area contributed by atoms with E-state index in [0.717, 1.165) is 30.0 Å². The van der Waals surface area contributed by atoms with Crippen molar-refractivity contribution in [1.82, 2.24) is 0 Å². The lowest BCUT2D eigenvalue weighted by atomic mass is 10.1. The SMILES string of the molecule is COc1ccc(Cl)cc1NC(C)CCc1ccco1. The highest BCUT2D eigenvalue weighted by atomic mass is 35.5. The molecular formula is C15H18ClNO2. The van der Waals surface area contributed by atoms with Gasteiger partial charge in [0.2, 0.25) is 0 Å². The van der Waals surface area contributed by atoms with Gasteiger partial charge in [-0.15, -0.1) is 0 Å². The summed E-state index contributed by atoms with van der Waals surface area (Å²) in [4.78, 5) is 0. The molecule has 3 nitrogen and oxygen atoms in total. The monoisotopic (exact) mass is 279 g/mol. The number of nitrogens with one attached hydrogen (secondary N) is 1. The van der Waals surface area contributed by atoms with Gasteiger partial charge in [0.15, 0.2) is 0 Å². The van der Waals surface area contributed by atoms with Crippen molar-refractivity contribution >= 4 is 17.3 Å². The Kier molecular flexibility index (Phi) is 4.74. The first kappa shape index (κ1) is 13.8. The van der Waals surface area contributed by atoms with E-state index in [1.54, 1.807) is 13.4 Å². The number of hydrogen-bond donors (Lipinski definition) is 1. The average Bonchev–Trinajstić information content (AvgIpc) is 2.90. The summed E-state index contributed by atoms with van der Waals surface area (Å²) in [5, 5.41) is 4.11. The molecule has 2 aromatic rings. The van der Waals surface area contributed by atoms with E-state index in [2.05, 4.69) is 12.2 Å². The molecule has 1 heterocycles. The number of furan rings is 1. The van der Waals surface area contributed by atoms with Crippen molar-refractivity contribution in [2.75, 3.05) is 12.4 Å². The molecule has 1 atom stereocenters. The second-order valence-electron chi connectivity index (χ2n) is 4.51. The third kappa shape index (κ3) is 3.93. The molecule has 1 aromatic heterocycles. The Morgan fingerprint density at radius 2 is 2.21 bits per heavy atom. The van der Waals surface area contributed by atoms with Gasteiger partial charge in [0.25, 0.3) is 0 Å². The van der Waals surface area contributed by atoms with Gasteiger partial charge in [0, 0.05) is 17.5 Å². The number of ether oxygens (including phenoxy) is 1. The van der Waals surface area contributed by atoms with Crippen LogP contribution in [0, 0.1) is 0 Å². The second-order valence-corrected chi connectivity index (χ2v) is 4.94. The molecule has 102 valence electrons. The lowest BCUT2D eigenvalue weighted by molar-refractivity contribution is 0.415. The van der Waals surface area contributed by atoms with Crippen molar-refractivity contribution in [1.29, 1.82) is 0 Å². The third-order valence-electron chi connectivity index (χ3n) is 2.97. The molecule has 0 aliphatic rings. The molecule has 1 N–H and O–H groups in total. The van der Waals surface area contributed by atoms with Crippen LogP contribution in [0.25, 0.3) is 0 Å². The summed E-state index contributed by atoms with van der Waals surface area (Å²) in [5.41, 5.74) is 0.918. The fraction of sp³-hybridized carbons (Fsp3) is 0.333. The first-order chi connectivity index (χ1) is 9.19. The van der Waals surface area contributed by atoms with Crippen LogP contribution in [-0.2, 0) is 6.42 Å². The molecule has 0 aliphatic carbocycles. The summed E-state index contributed by atoms with van der Waals surface area (Å²) >= 11 is 6.00. The number of halogens is 1. The van der Waals surface area contributed by atoms with E-state index in [1.807, 2.05) is 30.3 Å². The molecule has 0 spiro atoms. The zero-order chi connectivity index (χ0) is 13.7. The van der Waals surface area contributed by atoms with Crippen molar-refractivity contribution in [2.24, 2.45) is 0 Å². The Bertz CT molecular complexity index is 511. The summed E-state index contributed by atoms with van der Waals surface area (Å²) in [6.45, 7) is 2.13. The maximum Gasteiger partial charge on any atom is 0.142 e. The quantitative estimate of drug-likeness (QED) is 0.852. The van der Waals surface area contributed by atoms with Crippen LogP contribution >= 0.6 is 11.6 Å². The van der Waals surface area contributed by atoms with Crippen LogP contribution in [0.2, 0.25) is 5.02 Å². The third-order valence-corrected chi connectivity index (χ3v) is 3.20. The first-order valence-corrected chi connectivity index (χ1v) is 6.69. The predicted molar refractivity (Wildman–Crippen MR) is 78.1 cm³/mol. The highest BCUT2D eigenvalue weighted by Crippen LogP contribution is 2.28. The summed E-state index contributed by atoms with van der Waals surface area (Å²) in [7, 11) is 1.65. The van der Waals surface area contributed by atoms with Crippen LogP contribution in [0.5, 0.6) is 5.75 Å². The van der Waals surface area contributed by atoms with E-state index in [-0.39, 0.29) is 0 Å². The maximum absolute atomic E-state index is 6.00. The molecule has 0 bridgehead atoms. The zero-order valence-electron chi connectivity index (χ0n) is 11.2. The van der Waals surface area contributed by atoms with E-state index >= 15 is 0 Å². The van der Waals surface area contributed by atoms with E-state index < -0.39 is 0 Å². The van der Waals surface area contributed by atoms with Crippen molar-refractivity contribution in [3.63, 3.8) is 0 Å². The lowest BCUT2D eigenvalue weighted by Gasteiger charge is -2.17. The van der Waals surface area contributed by atoms with Crippen molar-refractivity contribution in [3.05, 3.63) is 47.4 Å². The average molecular weight is 280 g/mol. The number of benzene rings is 1. The lowest BCUT2D eigenvalue weighted by Crippen LogP contribution is -2.16. The Morgan fingerprint density at radius 1 is 1.37 bits per heavy atom. The van der Waals surface area contributed by atoms with Crippen molar-refractivity contribution < 1.29 is 9.15 Å². The molecule has 0 radical (unpaired) electrons. The fourth-order valence-corrected chi connectivity index (χ4v) is 2.12. The minimum Gasteiger partial charge on any atom is -0.495 e. The van der Waals surface area contributed by atoms with E-state index in [0.29, 0.717) is 11.1 Å². The van der Waals surface area contributed by atoms with Crippen LogP contribution in [-0.4, -0.2) is 13.2 Å². The van der Waals surface area contributed by atoms with Gasteiger partial charge in [-0.1, -0.05) is 11.6 Å². The Hall–Kier alpha value is -1.61. The number of aryl methyl sites for hydroxylation is 1. The minimum atomic E-state index is 0.303. The highest BCUT2D eigenvalue weighted by molar-refractivity contribution is 6.30. The van der Waals surface area contributed by atoms with Crippen LogP contribution in [0.15, 0.2) is 41.0 Å². The standard InChI is InChI=1S/C15H18ClNO2/c1-11(5-7-13-4-3-9-19-13)17-14-10-12(16)6-8-15(14)18-2/h3-4,6,8-11,17H,5,7H2,1-2H3. The van der Waals surface area contributed by atoms with Gasteiger partial charge < -0.3 is 14.5 Å². The molecule has 1 aromatic carbocycles. The summed E-state index contributed by atoms with van der Waals surface area (Å²) in [5.74, 6) is 1.81. The Morgan fingerprint density at radius 3 is 2.89 bits per heavy atom. The summed E-state index contributed by atoms with van der Waals surface area (Å²) < 4.78 is 10.6. The van der Waals surface area contributed by atoms with Crippen molar-refractivity contribution in [3.8, 4) is 5.75 Å². The van der Waals surface area contributed by atoms with E-state index in [1.165, 1.54) is 0 Å². The highest BCUT2D eigenvalue weighted by Gasteiger charge is 2.08. The van der Waals surface area contributed by atoms with Crippen LogP contribution in [0.1, 0.15) is 19.1 Å². The molecule has 0 saturated carbocycles. The molecule has 19 heavy (non-hydrogen) atoms. The number of anilines is 1. The summed E-state index contributed by atoms with van der Waals surface area (Å²) in [6.07, 6.45) is 3.58. The zero-order valence-corrected chi connectivity index (χ0v) is 11.9. The van der Waals surface area contributed by atoms with E-state index in [9.17, 15) is 0 Å². The first-order valence-electron chi connectivity index (χ1n) is 6.31. The fourth-order valence-electron chi connectivity index (χ4n) is 1.94. The van der Waals surface area contributed by atoms with Gasteiger partial charge in [-0.25, -0.2) is 0 Å². The van der Waals surface area contributed by atoms with Gasteiger partial charge in [-0.3, -0.25) is 0 Å². The van der Waals surface area contributed by atoms with Gasteiger partial charge in [-0.05, 0) is 43.7 Å². The van der Waals surface area contributed by atoms with Gasteiger partial charge in [0.05, 0.1) is 19.1 Å². The molecule has 1 unspecified atom stereocenters. The topological polar surface area (TPSA) is 34.4 Å². The number of methoxy groups -OCH3 is 1. The molecule has 0 saturated heterocycles. The van der Waals surface area contributed by atoms with E-state index in [4.69, 9.17) is 20.8 Å². The van der Waals surface area contributed by atoms with Crippen molar-refractivity contribution in [2.45, 2.75) is 25.8 Å². The molecule has 4 heteroatoms. The molecule has 0 aliphatic heterocycles. The minimum absolute atomic E-state index is 0.303. The summed E-state index contributed by atoms with van der Waals surface area (Å²) in [6, 6.07) is 9.77. The van der Waals surface area contributed by atoms with Gasteiger partial charge in [-0.2, -0.15) is 0 Å².